The van der Waals surface area contributed by atoms with Crippen molar-refractivity contribution in [1.82, 2.24) is 4.90 Å². The minimum Gasteiger partial charge on any atom is -0.548 e. The van der Waals surface area contributed by atoms with Crippen LogP contribution in [-0.4, -0.2) is 33.8 Å². The van der Waals surface area contributed by atoms with E-state index in [0.29, 0.717) is 5.56 Å². The summed E-state index contributed by atoms with van der Waals surface area (Å²) in [5.41, 5.74) is 6.45. The van der Waals surface area contributed by atoms with Crippen LogP contribution in [0.15, 0.2) is 83.3 Å². The molecule has 0 saturated heterocycles. The van der Waals surface area contributed by atoms with E-state index in [1.165, 1.54) is 4.90 Å². The topological polar surface area (TPSA) is 101 Å². The minimum atomic E-state index is -1.33. The maximum absolute atomic E-state index is 13.4. The van der Waals surface area contributed by atoms with Gasteiger partial charge in [-0.25, -0.2) is 0 Å². The molecule has 0 aliphatic heterocycles. The first-order valence-corrected chi connectivity index (χ1v) is 13.2. The summed E-state index contributed by atoms with van der Waals surface area (Å²) in [6, 6.07) is 24.2. The molecular formula is C30H25N2O4S-. The lowest BCUT2D eigenvalue weighted by atomic mass is 9.98. The molecule has 1 aliphatic carbocycles. The second-order valence-electron chi connectivity index (χ2n) is 8.84. The molecule has 1 atom stereocenters. The van der Waals surface area contributed by atoms with Gasteiger partial charge >= 0.3 is 0 Å². The van der Waals surface area contributed by atoms with Crippen LogP contribution in [0.1, 0.15) is 41.2 Å². The van der Waals surface area contributed by atoms with E-state index in [0.717, 1.165) is 43.9 Å². The van der Waals surface area contributed by atoms with Crippen LogP contribution in [0, 0.1) is 11.3 Å². The monoisotopic (exact) mass is 509 g/mol. The Bertz CT molecular complexity index is 1480. The molecule has 0 spiro atoms. The maximum atomic E-state index is 13.4. The Hall–Kier alpha value is -4.28. The van der Waals surface area contributed by atoms with Crippen molar-refractivity contribution in [2.24, 2.45) is 0 Å². The quantitative estimate of drug-likeness (QED) is 0.460. The number of benzene rings is 3. The van der Waals surface area contributed by atoms with Gasteiger partial charge < -0.3 is 14.8 Å². The van der Waals surface area contributed by atoms with Gasteiger partial charge in [0.15, 0.2) is 0 Å². The highest BCUT2D eigenvalue weighted by atomic mass is 32.2. The number of nitrogens with zero attached hydrogens (tertiary/aromatic N) is 2. The van der Waals surface area contributed by atoms with Gasteiger partial charge in [-0.2, -0.15) is 5.26 Å². The number of nitriles is 1. The van der Waals surface area contributed by atoms with Crippen LogP contribution in [0.4, 0.5) is 0 Å². The summed E-state index contributed by atoms with van der Waals surface area (Å²) in [7, 11) is -1.07. The zero-order valence-electron chi connectivity index (χ0n) is 20.6. The number of carboxylic acids is 1. The first-order chi connectivity index (χ1) is 17.8. The van der Waals surface area contributed by atoms with Crippen molar-refractivity contribution in [1.29, 1.82) is 5.26 Å². The van der Waals surface area contributed by atoms with Crippen LogP contribution in [0.25, 0.3) is 17.2 Å². The van der Waals surface area contributed by atoms with Crippen LogP contribution in [0.5, 0.6) is 0 Å². The summed E-state index contributed by atoms with van der Waals surface area (Å²) in [4.78, 5) is 26.8. The fraction of sp³-hybridized carbons (Fsp3) is 0.167. The molecule has 6 nitrogen and oxygen atoms in total. The Balaban J connectivity index is 1.71. The molecule has 4 rings (SSSR count). The van der Waals surface area contributed by atoms with Gasteiger partial charge in [-0.3, -0.25) is 9.00 Å². The SMILES string of the molecule is CC1=C(CC(=O)N(CC(=O)[O-])Cc2ccccc2)c2cc(C#N)ccc2/C1=C/c1ccc(S(C)=O)cc1. The smallest absolute Gasteiger partial charge is 0.227 e. The molecule has 186 valence electrons. The highest BCUT2D eigenvalue weighted by molar-refractivity contribution is 7.84. The van der Waals surface area contributed by atoms with Crippen molar-refractivity contribution in [3.05, 3.63) is 106 Å². The lowest BCUT2D eigenvalue weighted by molar-refractivity contribution is -0.306. The summed E-state index contributed by atoms with van der Waals surface area (Å²) < 4.78 is 11.7. The third-order valence-electron chi connectivity index (χ3n) is 6.36. The minimum absolute atomic E-state index is 0.0150. The average Bonchev–Trinajstić information content (AvgIpc) is 3.14. The number of carbonyl (C=O) groups is 2. The van der Waals surface area contributed by atoms with Crippen molar-refractivity contribution >= 4 is 39.9 Å². The van der Waals surface area contributed by atoms with Gasteiger partial charge in [0.05, 0.1) is 30.6 Å². The van der Waals surface area contributed by atoms with Crippen molar-refractivity contribution in [2.75, 3.05) is 12.8 Å². The molecule has 3 aromatic carbocycles. The van der Waals surface area contributed by atoms with E-state index in [1.807, 2.05) is 73.7 Å². The highest BCUT2D eigenvalue weighted by Gasteiger charge is 2.27. The fourth-order valence-corrected chi connectivity index (χ4v) is 4.98. The van der Waals surface area contributed by atoms with Gasteiger partial charge in [-0.05, 0) is 76.2 Å². The number of carboxylic acid groups (broad SMARTS) is 1. The van der Waals surface area contributed by atoms with Gasteiger partial charge in [0, 0.05) is 28.5 Å². The number of rotatable bonds is 8. The molecule has 0 radical (unpaired) electrons. The van der Waals surface area contributed by atoms with Gasteiger partial charge in [0.1, 0.15) is 0 Å². The average molecular weight is 510 g/mol. The van der Waals surface area contributed by atoms with E-state index in [-0.39, 0.29) is 18.9 Å². The predicted octanol–water partition coefficient (Wildman–Crippen LogP) is 3.79. The molecule has 0 fully saturated rings. The molecule has 0 saturated carbocycles. The summed E-state index contributed by atoms with van der Waals surface area (Å²) >= 11 is 0. The van der Waals surface area contributed by atoms with E-state index in [4.69, 9.17) is 0 Å². The molecule has 0 aromatic heterocycles. The van der Waals surface area contributed by atoms with Gasteiger partial charge in [0.25, 0.3) is 0 Å². The molecular weight excluding hydrogens is 484 g/mol. The number of hydrogen-bond donors (Lipinski definition) is 0. The lowest BCUT2D eigenvalue weighted by Gasteiger charge is -2.24. The Morgan fingerprint density at radius 2 is 1.73 bits per heavy atom. The van der Waals surface area contributed by atoms with Gasteiger partial charge in [-0.15, -0.1) is 0 Å². The Morgan fingerprint density at radius 3 is 2.35 bits per heavy atom. The number of aliphatic carboxylic acids is 1. The summed E-state index contributed by atoms with van der Waals surface area (Å²) in [5.74, 6) is -1.67. The first kappa shape index (κ1) is 25.8. The number of hydrogen-bond acceptors (Lipinski definition) is 5. The van der Waals surface area contributed by atoms with E-state index in [2.05, 4.69) is 6.07 Å². The third kappa shape index (κ3) is 5.93. The zero-order chi connectivity index (χ0) is 26.5. The standard InChI is InChI=1S/C30H26N2O4S/c1-20-26(14-21-8-11-24(12-9-21)37(2)36)25-13-10-23(17-31)15-28(25)27(20)16-29(33)32(19-30(34)35)18-22-6-4-3-5-7-22/h3-15H,16,18-19H2,1-2H3,(H,34,35)/p-1/b26-14+. The van der Waals surface area contributed by atoms with Crippen molar-refractivity contribution in [3.63, 3.8) is 0 Å². The van der Waals surface area contributed by atoms with Crippen LogP contribution >= 0.6 is 0 Å². The Kier molecular flexibility index (Phi) is 7.80. The normalized spacial score (nSPS) is 14.2. The number of allylic oxidation sites excluding steroid dienone is 2. The highest BCUT2D eigenvalue weighted by Crippen LogP contribution is 2.44. The van der Waals surface area contributed by atoms with Gasteiger partial charge in [0.2, 0.25) is 5.91 Å². The van der Waals surface area contributed by atoms with Gasteiger partial charge in [-0.1, -0.05) is 48.5 Å². The fourth-order valence-electron chi connectivity index (χ4n) is 4.46. The maximum Gasteiger partial charge on any atom is 0.227 e. The van der Waals surface area contributed by atoms with Crippen LogP contribution < -0.4 is 5.11 Å². The molecule has 0 bridgehead atoms. The largest absolute Gasteiger partial charge is 0.548 e. The summed E-state index contributed by atoms with van der Waals surface area (Å²) in [5, 5.41) is 20.9. The van der Waals surface area contributed by atoms with E-state index in [1.54, 1.807) is 18.4 Å². The van der Waals surface area contributed by atoms with E-state index < -0.39 is 23.3 Å². The Morgan fingerprint density at radius 1 is 1.03 bits per heavy atom. The van der Waals surface area contributed by atoms with Crippen LogP contribution in [0.2, 0.25) is 0 Å². The van der Waals surface area contributed by atoms with Crippen LogP contribution in [0.3, 0.4) is 0 Å². The third-order valence-corrected chi connectivity index (χ3v) is 7.30. The van der Waals surface area contributed by atoms with E-state index in [9.17, 15) is 24.2 Å². The summed E-state index contributed by atoms with van der Waals surface area (Å²) in [6.45, 7) is 1.56. The van der Waals surface area contributed by atoms with Crippen molar-refractivity contribution in [3.8, 4) is 6.07 Å². The predicted molar refractivity (Wildman–Crippen MR) is 142 cm³/mol. The molecule has 1 unspecified atom stereocenters. The molecule has 0 heterocycles. The molecule has 7 heteroatoms. The first-order valence-electron chi connectivity index (χ1n) is 11.7. The number of carbonyl (C=O) groups excluding carboxylic acids is 2. The molecule has 3 aromatic rings. The number of fused-ring (bicyclic) bond motifs is 1. The van der Waals surface area contributed by atoms with Crippen molar-refractivity contribution in [2.45, 2.75) is 24.8 Å². The number of amides is 1. The Labute approximate surface area is 218 Å². The molecule has 1 aliphatic rings. The van der Waals surface area contributed by atoms with Crippen LogP contribution in [-0.2, 0) is 26.9 Å². The molecule has 0 N–H and O–H groups in total. The summed E-state index contributed by atoms with van der Waals surface area (Å²) in [6.07, 6.45) is 3.62. The van der Waals surface area contributed by atoms with Crippen molar-refractivity contribution < 1.29 is 18.9 Å². The molecule has 37 heavy (non-hydrogen) atoms. The lowest BCUT2D eigenvalue weighted by Crippen LogP contribution is -2.41. The van der Waals surface area contributed by atoms with E-state index >= 15 is 0 Å². The zero-order valence-corrected chi connectivity index (χ0v) is 21.4. The second kappa shape index (κ2) is 11.2. The second-order valence-corrected chi connectivity index (χ2v) is 10.2. The molecule has 1 amide bonds.